The zero-order valence-corrected chi connectivity index (χ0v) is 15.4. The van der Waals surface area contributed by atoms with Gasteiger partial charge in [0.25, 0.3) is 5.91 Å². The van der Waals surface area contributed by atoms with Gasteiger partial charge in [-0.2, -0.15) is 0 Å². The third kappa shape index (κ3) is 3.90. The first kappa shape index (κ1) is 17.8. The number of amides is 1. The summed E-state index contributed by atoms with van der Waals surface area (Å²) in [6, 6.07) is 11.6. The van der Waals surface area contributed by atoms with Gasteiger partial charge in [0.05, 0.1) is 16.1 Å². The Bertz CT molecular complexity index is 967. The monoisotopic (exact) mass is 387 g/mol. The standard InChI is InChI=1S/C20H19ClFN3O2/c21-15-3-1-2-4-18(15)27-12-19(26)25-9-7-13(8-10-25)20-23-16-6-5-14(22)11-17(16)24-20/h1-6,11,13H,7-10,12H2,(H,23,24). The van der Waals surface area contributed by atoms with Crippen LogP contribution >= 0.6 is 11.6 Å². The summed E-state index contributed by atoms with van der Waals surface area (Å²) in [6.45, 7) is 1.25. The molecule has 140 valence electrons. The summed E-state index contributed by atoms with van der Waals surface area (Å²) in [5.41, 5.74) is 1.47. The van der Waals surface area contributed by atoms with E-state index < -0.39 is 0 Å². The van der Waals surface area contributed by atoms with Crippen LogP contribution in [0.3, 0.4) is 0 Å². The van der Waals surface area contributed by atoms with Crippen LogP contribution in [0.15, 0.2) is 42.5 Å². The van der Waals surface area contributed by atoms with E-state index >= 15 is 0 Å². The smallest absolute Gasteiger partial charge is 0.260 e. The fourth-order valence-electron chi connectivity index (χ4n) is 3.39. The number of imidazole rings is 1. The number of benzene rings is 2. The molecule has 1 N–H and O–H groups in total. The molecule has 2 aromatic carbocycles. The molecule has 3 aromatic rings. The number of fused-ring (bicyclic) bond motifs is 1. The Balaban J connectivity index is 1.34. The normalized spacial score (nSPS) is 15.3. The second kappa shape index (κ2) is 7.56. The summed E-state index contributed by atoms with van der Waals surface area (Å²) >= 11 is 6.04. The van der Waals surface area contributed by atoms with Crippen molar-refractivity contribution in [1.29, 1.82) is 0 Å². The van der Waals surface area contributed by atoms with Gasteiger partial charge in [-0.1, -0.05) is 23.7 Å². The van der Waals surface area contributed by atoms with Crippen molar-refractivity contribution in [2.24, 2.45) is 0 Å². The van der Waals surface area contributed by atoms with E-state index in [0.717, 1.165) is 24.2 Å². The average Bonchev–Trinajstić information content (AvgIpc) is 3.10. The van der Waals surface area contributed by atoms with Crippen molar-refractivity contribution in [3.8, 4) is 5.75 Å². The van der Waals surface area contributed by atoms with Crippen molar-refractivity contribution in [2.45, 2.75) is 18.8 Å². The van der Waals surface area contributed by atoms with E-state index in [1.54, 1.807) is 23.1 Å². The van der Waals surface area contributed by atoms with Crippen LogP contribution in [0.4, 0.5) is 4.39 Å². The molecular weight excluding hydrogens is 369 g/mol. The van der Waals surface area contributed by atoms with Gasteiger partial charge in [0, 0.05) is 19.0 Å². The molecule has 2 heterocycles. The molecular formula is C20H19ClFN3O2. The van der Waals surface area contributed by atoms with Gasteiger partial charge in [0.15, 0.2) is 6.61 Å². The average molecular weight is 388 g/mol. The Morgan fingerprint density at radius 2 is 2.04 bits per heavy atom. The molecule has 1 saturated heterocycles. The maximum atomic E-state index is 13.3. The Hall–Kier alpha value is -2.60. The number of aromatic nitrogens is 2. The fraction of sp³-hybridized carbons (Fsp3) is 0.300. The number of hydrogen-bond donors (Lipinski definition) is 1. The lowest BCUT2D eigenvalue weighted by Crippen LogP contribution is -2.40. The number of nitrogens with one attached hydrogen (secondary N) is 1. The van der Waals surface area contributed by atoms with Crippen molar-refractivity contribution < 1.29 is 13.9 Å². The van der Waals surface area contributed by atoms with E-state index in [-0.39, 0.29) is 24.2 Å². The minimum atomic E-state index is -0.281. The number of para-hydroxylation sites is 1. The third-order valence-corrected chi connectivity index (χ3v) is 5.20. The van der Waals surface area contributed by atoms with Crippen LogP contribution in [-0.2, 0) is 4.79 Å². The Kier molecular flexibility index (Phi) is 4.99. The summed E-state index contributed by atoms with van der Waals surface area (Å²) in [5, 5.41) is 0.491. The van der Waals surface area contributed by atoms with E-state index in [0.29, 0.717) is 29.4 Å². The highest BCUT2D eigenvalue weighted by molar-refractivity contribution is 6.32. The second-order valence-corrected chi connectivity index (χ2v) is 7.06. The number of likely N-dealkylation sites (tertiary alicyclic amines) is 1. The highest BCUT2D eigenvalue weighted by atomic mass is 35.5. The van der Waals surface area contributed by atoms with Crippen molar-refractivity contribution >= 4 is 28.5 Å². The summed E-state index contributed by atoms with van der Waals surface area (Å²) in [4.78, 5) is 22.0. The van der Waals surface area contributed by atoms with Gasteiger partial charge in [-0.25, -0.2) is 9.37 Å². The molecule has 0 unspecified atom stereocenters. The van der Waals surface area contributed by atoms with Gasteiger partial charge in [0.2, 0.25) is 0 Å². The minimum absolute atomic E-state index is 0.0294. The molecule has 1 aliphatic rings. The molecule has 7 heteroatoms. The van der Waals surface area contributed by atoms with Crippen molar-refractivity contribution in [3.05, 3.63) is 59.1 Å². The second-order valence-electron chi connectivity index (χ2n) is 6.66. The fourth-order valence-corrected chi connectivity index (χ4v) is 3.58. The van der Waals surface area contributed by atoms with E-state index in [2.05, 4.69) is 9.97 Å². The first-order chi connectivity index (χ1) is 13.1. The van der Waals surface area contributed by atoms with Crippen molar-refractivity contribution in [2.75, 3.05) is 19.7 Å². The predicted octanol–water partition coefficient (Wildman–Crippen LogP) is 4.14. The first-order valence-corrected chi connectivity index (χ1v) is 9.28. The molecule has 0 radical (unpaired) electrons. The predicted molar refractivity (Wildman–Crippen MR) is 102 cm³/mol. The highest BCUT2D eigenvalue weighted by Gasteiger charge is 2.26. The molecule has 0 spiro atoms. The topological polar surface area (TPSA) is 58.2 Å². The number of H-pyrrole nitrogens is 1. The summed E-state index contributed by atoms with van der Waals surface area (Å²) < 4.78 is 18.9. The Labute approximate surface area is 161 Å². The first-order valence-electron chi connectivity index (χ1n) is 8.90. The lowest BCUT2D eigenvalue weighted by Gasteiger charge is -2.31. The van der Waals surface area contributed by atoms with Crippen LogP contribution in [0.5, 0.6) is 5.75 Å². The number of piperidine rings is 1. The summed E-state index contributed by atoms with van der Waals surface area (Å²) in [7, 11) is 0. The van der Waals surface area contributed by atoms with Crippen LogP contribution < -0.4 is 4.74 Å². The lowest BCUT2D eigenvalue weighted by atomic mass is 9.96. The van der Waals surface area contributed by atoms with E-state index in [1.165, 1.54) is 12.1 Å². The molecule has 1 aromatic heterocycles. The number of carbonyl (C=O) groups excluding carboxylic acids is 1. The largest absolute Gasteiger partial charge is 0.482 e. The number of ether oxygens (including phenoxy) is 1. The van der Waals surface area contributed by atoms with Crippen LogP contribution in [0.2, 0.25) is 5.02 Å². The highest BCUT2D eigenvalue weighted by Crippen LogP contribution is 2.28. The van der Waals surface area contributed by atoms with Gasteiger partial charge in [-0.05, 0) is 43.2 Å². The van der Waals surface area contributed by atoms with E-state index in [4.69, 9.17) is 16.3 Å². The van der Waals surface area contributed by atoms with Gasteiger partial charge >= 0.3 is 0 Å². The van der Waals surface area contributed by atoms with E-state index in [9.17, 15) is 9.18 Å². The van der Waals surface area contributed by atoms with Gasteiger partial charge in [0.1, 0.15) is 17.4 Å². The third-order valence-electron chi connectivity index (χ3n) is 4.88. The zero-order chi connectivity index (χ0) is 18.8. The molecule has 0 bridgehead atoms. The van der Waals surface area contributed by atoms with Crippen LogP contribution in [0.25, 0.3) is 11.0 Å². The number of halogens is 2. The van der Waals surface area contributed by atoms with Crippen LogP contribution in [0.1, 0.15) is 24.6 Å². The van der Waals surface area contributed by atoms with E-state index in [1.807, 2.05) is 12.1 Å². The molecule has 0 aliphatic carbocycles. The van der Waals surface area contributed by atoms with Gasteiger partial charge < -0.3 is 14.6 Å². The zero-order valence-electron chi connectivity index (χ0n) is 14.6. The van der Waals surface area contributed by atoms with Crippen molar-refractivity contribution in [3.63, 3.8) is 0 Å². The number of rotatable bonds is 4. The van der Waals surface area contributed by atoms with Gasteiger partial charge in [-0.3, -0.25) is 4.79 Å². The van der Waals surface area contributed by atoms with Crippen LogP contribution in [-0.4, -0.2) is 40.5 Å². The number of hydrogen-bond acceptors (Lipinski definition) is 3. The Morgan fingerprint density at radius 1 is 1.26 bits per heavy atom. The summed E-state index contributed by atoms with van der Waals surface area (Å²) in [5.74, 6) is 1.26. The van der Waals surface area contributed by atoms with Gasteiger partial charge in [-0.15, -0.1) is 0 Å². The molecule has 1 fully saturated rings. The minimum Gasteiger partial charge on any atom is -0.482 e. The lowest BCUT2D eigenvalue weighted by molar-refractivity contribution is -0.134. The molecule has 1 aliphatic heterocycles. The summed E-state index contributed by atoms with van der Waals surface area (Å²) in [6.07, 6.45) is 1.61. The van der Waals surface area contributed by atoms with Crippen LogP contribution in [0, 0.1) is 5.82 Å². The molecule has 1 amide bonds. The molecule has 0 saturated carbocycles. The number of carbonyl (C=O) groups is 1. The molecule has 4 rings (SSSR count). The molecule has 0 atom stereocenters. The molecule has 5 nitrogen and oxygen atoms in total. The quantitative estimate of drug-likeness (QED) is 0.732. The molecule has 27 heavy (non-hydrogen) atoms. The van der Waals surface area contributed by atoms with Crippen molar-refractivity contribution in [1.82, 2.24) is 14.9 Å². The number of nitrogens with zero attached hydrogens (tertiary/aromatic N) is 2. The maximum Gasteiger partial charge on any atom is 0.260 e. The number of aromatic amines is 1. The SMILES string of the molecule is O=C(COc1ccccc1Cl)N1CCC(c2nc3ccc(F)cc3[nH]2)CC1. The maximum absolute atomic E-state index is 13.3. The Morgan fingerprint density at radius 3 is 2.81 bits per heavy atom.